The summed E-state index contributed by atoms with van der Waals surface area (Å²) in [6.45, 7) is 6.10. The second-order valence-corrected chi connectivity index (χ2v) is 6.93. The van der Waals surface area contributed by atoms with E-state index in [2.05, 4.69) is 21.2 Å². The Hall–Kier alpha value is -1.36. The molecule has 1 rings (SSSR count). The number of carboxylic acid groups (broad SMARTS) is 1. The molecule has 0 bridgehead atoms. The molecule has 0 aliphatic heterocycles. The van der Waals surface area contributed by atoms with Gasteiger partial charge in [0, 0.05) is 16.6 Å². The summed E-state index contributed by atoms with van der Waals surface area (Å²) in [5, 5.41) is 11.9. The van der Waals surface area contributed by atoms with Gasteiger partial charge in [0.15, 0.2) is 0 Å². The fourth-order valence-corrected chi connectivity index (χ4v) is 2.17. The molecule has 0 saturated heterocycles. The topological polar surface area (TPSA) is 66.4 Å². The molecule has 2 N–H and O–H groups in total. The standard InChI is InChI=1S/C15H20BrNO3/c1-15(2,3)8-11(14(19)20)9-17-13(18)10-4-6-12(16)7-5-10/h4-7,11H,8-9H2,1-3H3,(H,17,18)(H,19,20). The van der Waals surface area contributed by atoms with E-state index in [-0.39, 0.29) is 17.9 Å². The highest BCUT2D eigenvalue weighted by Crippen LogP contribution is 2.24. The molecule has 20 heavy (non-hydrogen) atoms. The van der Waals surface area contributed by atoms with Crippen LogP contribution < -0.4 is 5.32 Å². The highest BCUT2D eigenvalue weighted by molar-refractivity contribution is 9.10. The summed E-state index contributed by atoms with van der Waals surface area (Å²) in [6.07, 6.45) is 0.517. The predicted octanol–water partition coefficient (Wildman–Crippen LogP) is 3.32. The van der Waals surface area contributed by atoms with Crippen LogP contribution in [0.2, 0.25) is 0 Å². The number of aliphatic carboxylic acids is 1. The lowest BCUT2D eigenvalue weighted by molar-refractivity contribution is -0.142. The minimum absolute atomic E-state index is 0.0919. The molecule has 1 amide bonds. The third-order valence-electron chi connectivity index (χ3n) is 2.82. The largest absolute Gasteiger partial charge is 0.481 e. The van der Waals surface area contributed by atoms with Crippen LogP contribution in [0.3, 0.4) is 0 Å². The van der Waals surface area contributed by atoms with Crippen molar-refractivity contribution in [1.82, 2.24) is 5.32 Å². The number of carboxylic acids is 1. The first kappa shape index (κ1) is 16.7. The van der Waals surface area contributed by atoms with Crippen LogP contribution in [0.1, 0.15) is 37.6 Å². The van der Waals surface area contributed by atoms with Crippen molar-refractivity contribution >= 4 is 27.8 Å². The maximum absolute atomic E-state index is 11.9. The first-order valence-corrected chi connectivity index (χ1v) is 7.25. The molecule has 0 aromatic heterocycles. The van der Waals surface area contributed by atoms with E-state index in [1.165, 1.54) is 0 Å². The molecule has 1 atom stereocenters. The Morgan fingerprint density at radius 2 is 1.80 bits per heavy atom. The smallest absolute Gasteiger partial charge is 0.308 e. The van der Waals surface area contributed by atoms with Gasteiger partial charge < -0.3 is 10.4 Å². The summed E-state index contributed by atoms with van der Waals surface area (Å²) in [4.78, 5) is 23.1. The quantitative estimate of drug-likeness (QED) is 0.863. The van der Waals surface area contributed by atoms with Crippen LogP contribution in [0.25, 0.3) is 0 Å². The zero-order valence-electron chi connectivity index (χ0n) is 11.9. The average Bonchev–Trinajstić information content (AvgIpc) is 2.33. The van der Waals surface area contributed by atoms with Crippen LogP contribution in [0.4, 0.5) is 0 Å². The number of halogens is 1. The van der Waals surface area contributed by atoms with Crippen LogP contribution in [-0.4, -0.2) is 23.5 Å². The molecule has 0 aliphatic rings. The summed E-state index contributed by atoms with van der Waals surface area (Å²) in [6, 6.07) is 6.94. The van der Waals surface area contributed by atoms with E-state index in [0.717, 1.165) is 4.47 Å². The summed E-state index contributed by atoms with van der Waals surface area (Å²) < 4.78 is 0.894. The van der Waals surface area contributed by atoms with Crippen molar-refractivity contribution in [2.24, 2.45) is 11.3 Å². The van der Waals surface area contributed by atoms with Gasteiger partial charge in [-0.2, -0.15) is 0 Å². The highest BCUT2D eigenvalue weighted by Gasteiger charge is 2.25. The fraction of sp³-hybridized carbons (Fsp3) is 0.467. The highest BCUT2D eigenvalue weighted by atomic mass is 79.9. The predicted molar refractivity (Wildman–Crippen MR) is 81.7 cm³/mol. The SMILES string of the molecule is CC(C)(C)CC(CNC(=O)c1ccc(Br)cc1)C(=O)O. The molecule has 0 aliphatic carbocycles. The number of hydrogen-bond acceptors (Lipinski definition) is 2. The van der Waals surface area contributed by atoms with Crippen LogP contribution in [-0.2, 0) is 4.79 Å². The van der Waals surface area contributed by atoms with Crippen LogP contribution in [0.5, 0.6) is 0 Å². The van der Waals surface area contributed by atoms with Crippen molar-refractivity contribution < 1.29 is 14.7 Å². The van der Waals surface area contributed by atoms with Gasteiger partial charge in [0.25, 0.3) is 5.91 Å². The first-order valence-electron chi connectivity index (χ1n) is 6.45. The summed E-state index contributed by atoms with van der Waals surface area (Å²) in [7, 11) is 0. The van der Waals surface area contributed by atoms with E-state index < -0.39 is 11.9 Å². The molecule has 1 aromatic carbocycles. The van der Waals surface area contributed by atoms with Gasteiger partial charge in [0.1, 0.15) is 0 Å². The van der Waals surface area contributed by atoms with Crippen molar-refractivity contribution in [3.05, 3.63) is 34.3 Å². The lowest BCUT2D eigenvalue weighted by Gasteiger charge is -2.23. The molecule has 1 aromatic rings. The van der Waals surface area contributed by atoms with Gasteiger partial charge in [-0.05, 0) is 36.1 Å². The average molecular weight is 342 g/mol. The molecule has 4 nitrogen and oxygen atoms in total. The summed E-state index contributed by atoms with van der Waals surface area (Å²) >= 11 is 3.30. The van der Waals surface area contributed by atoms with Gasteiger partial charge in [-0.25, -0.2) is 0 Å². The maximum atomic E-state index is 11.9. The maximum Gasteiger partial charge on any atom is 0.308 e. The number of nitrogens with one attached hydrogen (secondary N) is 1. The van der Waals surface area contributed by atoms with Crippen molar-refractivity contribution in [1.29, 1.82) is 0 Å². The van der Waals surface area contributed by atoms with Crippen molar-refractivity contribution in [2.45, 2.75) is 27.2 Å². The van der Waals surface area contributed by atoms with Crippen molar-refractivity contribution in [3.8, 4) is 0 Å². The Morgan fingerprint density at radius 3 is 2.25 bits per heavy atom. The molecule has 0 saturated carbocycles. The van der Waals surface area contributed by atoms with Gasteiger partial charge in [0.05, 0.1) is 5.92 Å². The number of carbonyl (C=O) groups excluding carboxylic acids is 1. The normalized spacial score (nSPS) is 12.8. The Labute approximate surface area is 127 Å². The zero-order valence-corrected chi connectivity index (χ0v) is 13.5. The fourth-order valence-electron chi connectivity index (χ4n) is 1.91. The van der Waals surface area contributed by atoms with E-state index in [0.29, 0.717) is 12.0 Å². The third kappa shape index (κ3) is 5.74. The second kappa shape index (κ2) is 6.88. The summed E-state index contributed by atoms with van der Waals surface area (Å²) in [5.74, 6) is -1.71. The zero-order chi connectivity index (χ0) is 15.3. The first-order chi connectivity index (χ1) is 9.19. The molecule has 0 fully saturated rings. The van der Waals surface area contributed by atoms with E-state index >= 15 is 0 Å². The molecule has 0 heterocycles. The van der Waals surface area contributed by atoms with Crippen molar-refractivity contribution in [3.63, 3.8) is 0 Å². The molecule has 110 valence electrons. The van der Waals surface area contributed by atoms with E-state index in [9.17, 15) is 14.7 Å². The van der Waals surface area contributed by atoms with Crippen LogP contribution in [0.15, 0.2) is 28.7 Å². The number of benzene rings is 1. The minimum atomic E-state index is -0.879. The number of amides is 1. The number of carbonyl (C=O) groups is 2. The number of hydrogen-bond donors (Lipinski definition) is 2. The van der Waals surface area contributed by atoms with Crippen LogP contribution >= 0.6 is 15.9 Å². The molecule has 5 heteroatoms. The van der Waals surface area contributed by atoms with Gasteiger partial charge in [-0.3, -0.25) is 9.59 Å². The van der Waals surface area contributed by atoms with Gasteiger partial charge in [0.2, 0.25) is 0 Å². The Balaban J connectivity index is 2.61. The van der Waals surface area contributed by atoms with Crippen LogP contribution in [0, 0.1) is 11.3 Å². The number of rotatable bonds is 5. The molecule has 1 unspecified atom stereocenters. The molecule has 0 radical (unpaired) electrons. The van der Waals surface area contributed by atoms with Gasteiger partial charge in [-0.15, -0.1) is 0 Å². The Bertz CT molecular complexity index is 477. The van der Waals surface area contributed by atoms with E-state index in [1.807, 2.05) is 20.8 Å². The van der Waals surface area contributed by atoms with Gasteiger partial charge in [-0.1, -0.05) is 36.7 Å². The van der Waals surface area contributed by atoms with E-state index in [4.69, 9.17) is 0 Å². The Morgan fingerprint density at radius 1 is 1.25 bits per heavy atom. The Kier molecular flexibility index (Phi) is 5.74. The van der Waals surface area contributed by atoms with Gasteiger partial charge >= 0.3 is 5.97 Å². The van der Waals surface area contributed by atoms with E-state index in [1.54, 1.807) is 24.3 Å². The molecular weight excluding hydrogens is 322 g/mol. The minimum Gasteiger partial charge on any atom is -0.481 e. The monoisotopic (exact) mass is 341 g/mol. The lowest BCUT2D eigenvalue weighted by atomic mass is 9.84. The van der Waals surface area contributed by atoms with Crippen molar-refractivity contribution in [2.75, 3.05) is 6.54 Å². The molecule has 0 spiro atoms. The second-order valence-electron chi connectivity index (χ2n) is 6.02. The third-order valence-corrected chi connectivity index (χ3v) is 3.35. The summed E-state index contributed by atoms with van der Waals surface area (Å²) in [5.41, 5.74) is 0.430. The molecular formula is C15H20BrNO3. The lowest BCUT2D eigenvalue weighted by Crippen LogP contribution is -2.35.